The third-order valence-corrected chi connectivity index (χ3v) is 16.9. The fraction of sp³-hybridized carbons (Fsp3) is 0.444. The smallest absolute Gasteiger partial charge is 0.0104 e. The van der Waals surface area contributed by atoms with E-state index in [1.54, 1.807) is 0 Å². The minimum atomic E-state index is -0.702. The van der Waals surface area contributed by atoms with Crippen LogP contribution in [-0.2, 0) is 23.7 Å². The van der Waals surface area contributed by atoms with Crippen LogP contribution >= 0.6 is 15.8 Å². The van der Waals surface area contributed by atoms with Crippen molar-refractivity contribution < 1.29 is 0 Å². The molecule has 2 unspecified atom stereocenters. The lowest BCUT2D eigenvalue weighted by Crippen LogP contribution is -2.25. The van der Waals surface area contributed by atoms with Gasteiger partial charge >= 0.3 is 0 Å². The van der Waals surface area contributed by atoms with Crippen LogP contribution in [0.1, 0.15) is 155 Å². The SMILES string of the molecule is CCCCCCC(C)(C)c1ccc(P(c2ccc(CCCC)cc2)c2ccc(P(c3ccc(CCCC)cc3)c3ccc(C(C)(C)CCCC)cc3)cc2)cc1. The second-order valence-electron chi connectivity index (χ2n) is 17.5. The van der Waals surface area contributed by atoms with Crippen molar-refractivity contribution in [3.8, 4) is 0 Å². The molecule has 0 aliphatic heterocycles. The summed E-state index contributed by atoms with van der Waals surface area (Å²) in [5.41, 5.74) is 6.19. The number of hydrogen-bond acceptors (Lipinski definition) is 0. The van der Waals surface area contributed by atoms with Gasteiger partial charge in [0.1, 0.15) is 0 Å². The van der Waals surface area contributed by atoms with Crippen LogP contribution in [-0.4, -0.2) is 0 Å². The second kappa shape index (κ2) is 21.6. The Kier molecular flexibility index (Phi) is 17.0. The standard InChI is InChI=1S/C54H72P2/c1-9-13-17-18-42-54(7,8)46-27-35-50(36-28-46)56(48-31-23-44(24-32-48)20-15-11-3)52-39-37-51(38-40-52)55(47-29-21-43(22-30-47)19-14-10-2)49-33-25-45(26-34-49)53(5,6)41-16-12-4/h21-40H,9-20,41-42H2,1-8H3. The average molecular weight is 783 g/mol. The van der Waals surface area contributed by atoms with Crippen molar-refractivity contribution in [2.24, 2.45) is 0 Å². The fourth-order valence-corrected chi connectivity index (χ4v) is 12.5. The summed E-state index contributed by atoms with van der Waals surface area (Å²) in [6, 6.07) is 48.6. The zero-order valence-electron chi connectivity index (χ0n) is 36.3. The molecule has 0 spiro atoms. The summed E-state index contributed by atoms with van der Waals surface area (Å²) in [5.74, 6) is 0. The molecule has 0 saturated carbocycles. The molecule has 0 aliphatic rings. The maximum atomic E-state index is 2.46. The van der Waals surface area contributed by atoms with Crippen LogP contribution in [0.4, 0.5) is 0 Å². The van der Waals surface area contributed by atoms with Crippen molar-refractivity contribution in [3.63, 3.8) is 0 Å². The Hall–Kier alpha value is -3.04. The first-order valence-electron chi connectivity index (χ1n) is 22.2. The summed E-state index contributed by atoms with van der Waals surface area (Å²) in [5, 5.41) is 8.59. The average Bonchev–Trinajstić information content (AvgIpc) is 3.22. The maximum Gasteiger partial charge on any atom is -0.0104 e. The lowest BCUT2D eigenvalue weighted by atomic mass is 9.80. The summed E-state index contributed by atoms with van der Waals surface area (Å²) >= 11 is 0. The van der Waals surface area contributed by atoms with E-state index in [1.807, 2.05) is 0 Å². The highest BCUT2D eigenvalue weighted by Crippen LogP contribution is 2.38. The van der Waals surface area contributed by atoms with E-state index in [-0.39, 0.29) is 10.8 Å². The molecule has 0 saturated heterocycles. The van der Waals surface area contributed by atoms with Gasteiger partial charge in [0.05, 0.1) is 0 Å². The molecular weight excluding hydrogens is 711 g/mol. The molecule has 0 heterocycles. The van der Waals surface area contributed by atoms with Gasteiger partial charge in [-0.1, -0.05) is 228 Å². The molecule has 0 aliphatic carbocycles. The van der Waals surface area contributed by atoms with E-state index in [0.29, 0.717) is 0 Å². The monoisotopic (exact) mass is 783 g/mol. The van der Waals surface area contributed by atoms with E-state index in [4.69, 9.17) is 0 Å². The van der Waals surface area contributed by atoms with Gasteiger partial charge in [0.25, 0.3) is 0 Å². The van der Waals surface area contributed by atoms with Crippen LogP contribution < -0.4 is 31.8 Å². The van der Waals surface area contributed by atoms with E-state index in [1.165, 1.54) is 131 Å². The van der Waals surface area contributed by atoms with Gasteiger partial charge in [0.2, 0.25) is 0 Å². The maximum absolute atomic E-state index is 2.46. The summed E-state index contributed by atoms with van der Waals surface area (Å²) < 4.78 is 0. The highest BCUT2D eigenvalue weighted by atomic mass is 31.1. The number of hydrogen-bond donors (Lipinski definition) is 0. The summed E-state index contributed by atoms with van der Waals surface area (Å²) in [7, 11) is -1.40. The quantitative estimate of drug-likeness (QED) is 0.0485. The van der Waals surface area contributed by atoms with Gasteiger partial charge in [-0.25, -0.2) is 0 Å². The largest absolute Gasteiger partial charge is 0.0654 e. The van der Waals surface area contributed by atoms with Gasteiger partial charge in [0, 0.05) is 0 Å². The molecule has 5 aromatic rings. The molecule has 0 amide bonds. The first kappa shape index (κ1) is 44.1. The van der Waals surface area contributed by atoms with Gasteiger partial charge < -0.3 is 0 Å². The minimum absolute atomic E-state index is 0.187. The van der Waals surface area contributed by atoms with Crippen LogP contribution in [0.25, 0.3) is 0 Å². The Labute approximate surface area is 345 Å². The molecule has 2 heteroatoms. The van der Waals surface area contributed by atoms with Crippen molar-refractivity contribution in [3.05, 3.63) is 144 Å². The lowest BCUT2D eigenvalue weighted by Gasteiger charge is -2.27. The zero-order chi connectivity index (χ0) is 40.0. The van der Waals surface area contributed by atoms with Crippen molar-refractivity contribution in [1.29, 1.82) is 0 Å². The molecule has 298 valence electrons. The van der Waals surface area contributed by atoms with Crippen LogP contribution in [0.15, 0.2) is 121 Å². The van der Waals surface area contributed by atoms with Crippen molar-refractivity contribution in [1.82, 2.24) is 0 Å². The van der Waals surface area contributed by atoms with Gasteiger partial charge in [-0.05, 0) is 119 Å². The lowest BCUT2D eigenvalue weighted by molar-refractivity contribution is 0.446. The van der Waals surface area contributed by atoms with Gasteiger partial charge in [-0.3, -0.25) is 0 Å². The molecule has 5 aromatic carbocycles. The first-order chi connectivity index (χ1) is 27.1. The van der Waals surface area contributed by atoms with Gasteiger partial charge in [-0.2, -0.15) is 0 Å². The Morgan fingerprint density at radius 3 is 0.929 bits per heavy atom. The highest BCUT2D eigenvalue weighted by Gasteiger charge is 2.25. The van der Waals surface area contributed by atoms with Crippen molar-refractivity contribution in [2.45, 2.75) is 156 Å². The second-order valence-corrected chi connectivity index (χ2v) is 21.9. The van der Waals surface area contributed by atoms with Crippen molar-refractivity contribution in [2.75, 3.05) is 0 Å². The predicted molar refractivity (Wildman–Crippen MR) is 255 cm³/mol. The Morgan fingerprint density at radius 2 is 0.607 bits per heavy atom. The molecule has 0 bridgehead atoms. The van der Waals surface area contributed by atoms with E-state index in [2.05, 4.69) is 177 Å². The molecule has 0 radical (unpaired) electrons. The summed E-state index contributed by atoms with van der Waals surface area (Å²) in [6.07, 6.45) is 17.5. The molecule has 56 heavy (non-hydrogen) atoms. The number of rotatable bonds is 22. The third kappa shape index (κ3) is 12.0. The molecule has 5 rings (SSSR count). The van der Waals surface area contributed by atoms with Gasteiger partial charge in [0.15, 0.2) is 0 Å². The van der Waals surface area contributed by atoms with Crippen LogP contribution in [0.3, 0.4) is 0 Å². The number of benzene rings is 5. The van der Waals surface area contributed by atoms with Crippen LogP contribution in [0, 0.1) is 0 Å². The van der Waals surface area contributed by atoms with E-state index in [0.717, 1.165) is 12.8 Å². The fourth-order valence-electron chi connectivity index (χ4n) is 8.05. The number of aryl methyl sites for hydroxylation is 2. The predicted octanol–water partition coefficient (Wildman–Crippen LogP) is 13.6. The third-order valence-electron chi connectivity index (χ3n) is 12.0. The number of unbranched alkanes of at least 4 members (excludes halogenated alkanes) is 6. The molecular formula is C54H72P2. The molecule has 0 nitrogen and oxygen atoms in total. The van der Waals surface area contributed by atoms with Gasteiger partial charge in [-0.15, -0.1) is 0 Å². The summed E-state index contributed by atoms with van der Waals surface area (Å²) in [4.78, 5) is 0. The zero-order valence-corrected chi connectivity index (χ0v) is 38.1. The molecule has 0 aromatic heterocycles. The molecule has 2 atom stereocenters. The van der Waals surface area contributed by atoms with Crippen LogP contribution in [0.5, 0.6) is 0 Å². The van der Waals surface area contributed by atoms with E-state index < -0.39 is 15.8 Å². The molecule has 0 N–H and O–H groups in total. The van der Waals surface area contributed by atoms with E-state index >= 15 is 0 Å². The summed E-state index contributed by atoms with van der Waals surface area (Å²) in [6.45, 7) is 18.9. The first-order valence-corrected chi connectivity index (χ1v) is 24.9. The topological polar surface area (TPSA) is 0 Å². The normalized spacial score (nSPS) is 13.1. The minimum Gasteiger partial charge on any atom is -0.0654 e. The van der Waals surface area contributed by atoms with Crippen LogP contribution in [0.2, 0.25) is 0 Å². The Morgan fingerprint density at radius 1 is 0.321 bits per heavy atom. The highest BCUT2D eigenvalue weighted by molar-refractivity contribution is 7.80. The van der Waals surface area contributed by atoms with Crippen molar-refractivity contribution >= 4 is 47.7 Å². The van der Waals surface area contributed by atoms with E-state index in [9.17, 15) is 0 Å². The Bertz CT molecular complexity index is 1850. The Balaban J connectivity index is 1.51. The molecule has 0 fully saturated rings.